The number of hydrogen-bond donors (Lipinski definition) is 1. The molecule has 2 heterocycles. The summed E-state index contributed by atoms with van der Waals surface area (Å²) in [5.74, 6) is 2.86. The molecule has 2 aliphatic rings. The van der Waals surface area contributed by atoms with E-state index in [0.29, 0.717) is 23.3 Å². The Kier molecular flexibility index (Phi) is 5.62. The summed E-state index contributed by atoms with van der Waals surface area (Å²) in [6, 6.07) is 10.3. The first-order chi connectivity index (χ1) is 16.0. The number of thioether (sulfide) groups is 1. The van der Waals surface area contributed by atoms with Crippen molar-refractivity contribution < 1.29 is 9.53 Å². The Balaban J connectivity index is 1.37. The summed E-state index contributed by atoms with van der Waals surface area (Å²) < 4.78 is 9.41. The van der Waals surface area contributed by atoms with Crippen LogP contribution in [0, 0.1) is 25.2 Å². The molecule has 9 heteroatoms. The summed E-state index contributed by atoms with van der Waals surface area (Å²) in [6.45, 7) is 3.85. The minimum absolute atomic E-state index is 0.179. The maximum Gasteiger partial charge on any atom is 0.236 e. The van der Waals surface area contributed by atoms with E-state index in [1.165, 1.54) is 24.6 Å². The highest BCUT2D eigenvalue weighted by Gasteiger charge is 2.36. The number of amides is 1. The number of anilines is 1. The van der Waals surface area contributed by atoms with Gasteiger partial charge in [0, 0.05) is 23.3 Å². The molecular formula is C24H26N6O2S. The molecule has 0 radical (unpaired) electrons. The molecule has 0 saturated heterocycles. The molecule has 170 valence electrons. The molecule has 0 spiro atoms. The molecule has 33 heavy (non-hydrogen) atoms. The molecule has 0 aliphatic heterocycles. The van der Waals surface area contributed by atoms with E-state index in [1.807, 2.05) is 42.7 Å². The van der Waals surface area contributed by atoms with Gasteiger partial charge in [-0.05, 0) is 69.4 Å². The first-order valence-electron chi connectivity index (χ1n) is 11.2. The highest BCUT2D eigenvalue weighted by Crippen LogP contribution is 2.46. The summed E-state index contributed by atoms with van der Waals surface area (Å²) >= 11 is 1.41. The standard InChI is InChI=1S/C24H26N6O2S/c1-14-15(2)29(17-8-10-19(32-3)11-9-17)23(20(14)12-25)26-21(31)13-33-24-28-27-22(16-4-5-16)30(24)18-6-7-18/h8-11,16,18H,4-7,13H2,1-3H3,(H,26,31). The zero-order chi connectivity index (χ0) is 23.1. The monoisotopic (exact) mass is 462 g/mol. The number of hydrogen-bond acceptors (Lipinski definition) is 6. The van der Waals surface area contributed by atoms with Crippen molar-refractivity contribution in [3.05, 3.63) is 46.9 Å². The molecule has 5 rings (SSSR count). The predicted octanol–water partition coefficient (Wildman–Crippen LogP) is 4.51. The first-order valence-corrected chi connectivity index (χ1v) is 12.1. The van der Waals surface area contributed by atoms with Crippen molar-refractivity contribution in [2.24, 2.45) is 0 Å². The number of rotatable bonds is 8. The van der Waals surface area contributed by atoms with E-state index in [0.717, 1.165) is 46.5 Å². The van der Waals surface area contributed by atoms with Crippen molar-refractivity contribution >= 4 is 23.5 Å². The van der Waals surface area contributed by atoms with Crippen LogP contribution in [0.2, 0.25) is 0 Å². The van der Waals surface area contributed by atoms with E-state index in [4.69, 9.17) is 4.74 Å². The smallest absolute Gasteiger partial charge is 0.236 e. The predicted molar refractivity (Wildman–Crippen MR) is 126 cm³/mol. The van der Waals surface area contributed by atoms with E-state index >= 15 is 0 Å². The number of ether oxygens (including phenoxy) is 1. The Bertz CT molecular complexity index is 1250. The maximum atomic E-state index is 13.0. The highest BCUT2D eigenvalue weighted by molar-refractivity contribution is 7.99. The lowest BCUT2D eigenvalue weighted by Crippen LogP contribution is -2.18. The minimum Gasteiger partial charge on any atom is -0.497 e. The van der Waals surface area contributed by atoms with Gasteiger partial charge in [0.1, 0.15) is 23.5 Å². The Labute approximate surface area is 196 Å². The molecule has 1 N–H and O–H groups in total. The largest absolute Gasteiger partial charge is 0.497 e. The molecule has 8 nitrogen and oxygen atoms in total. The Morgan fingerprint density at radius 2 is 1.94 bits per heavy atom. The number of aromatic nitrogens is 4. The molecule has 0 unspecified atom stereocenters. The van der Waals surface area contributed by atoms with E-state index < -0.39 is 0 Å². The average Bonchev–Trinajstić information content (AvgIpc) is 3.76. The van der Waals surface area contributed by atoms with E-state index in [1.54, 1.807) is 7.11 Å². The topological polar surface area (TPSA) is 97.8 Å². The first kappa shape index (κ1) is 21.6. The van der Waals surface area contributed by atoms with Crippen LogP contribution in [0.3, 0.4) is 0 Å². The Morgan fingerprint density at radius 1 is 1.21 bits per heavy atom. The van der Waals surface area contributed by atoms with Crippen LogP contribution in [0.5, 0.6) is 5.75 Å². The maximum absolute atomic E-state index is 13.0. The number of carbonyl (C=O) groups is 1. The average molecular weight is 463 g/mol. The van der Waals surface area contributed by atoms with Crippen molar-refractivity contribution in [3.63, 3.8) is 0 Å². The molecule has 0 atom stereocenters. The molecule has 0 bridgehead atoms. The van der Waals surface area contributed by atoms with Gasteiger partial charge in [-0.1, -0.05) is 11.8 Å². The number of nitriles is 1. The van der Waals surface area contributed by atoms with Gasteiger partial charge < -0.3 is 14.6 Å². The zero-order valence-electron chi connectivity index (χ0n) is 19.0. The van der Waals surface area contributed by atoms with Gasteiger partial charge in [-0.3, -0.25) is 9.36 Å². The van der Waals surface area contributed by atoms with Crippen LogP contribution in [0.4, 0.5) is 5.82 Å². The third kappa shape index (κ3) is 4.11. The number of methoxy groups -OCH3 is 1. The second-order valence-corrected chi connectivity index (χ2v) is 9.57. The molecule has 1 aromatic carbocycles. The van der Waals surface area contributed by atoms with E-state index in [9.17, 15) is 10.1 Å². The highest BCUT2D eigenvalue weighted by atomic mass is 32.2. The summed E-state index contributed by atoms with van der Waals surface area (Å²) in [5.41, 5.74) is 3.07. The van der Waals surface area contributed by atoms with Gasteiger partial charge >= 0.3 is 0 Å². The van der Waals surface area contributed by atoms with E-state index in [-0.39, 0.29) is 11.7 Å². The molecule has 1 amide bonds. The van der Waals surface area contributed by atoms with Crippen LogP contribution in [0.1, 0.15) is 60.3 Å². The summed E-state index contributed by atoms with van der Waals surface area (Å²) in [5, 5.41) is 22.4. The number of nitrogens with zero attached hydrogens (tertiary/aromatic N) is 5. The minimum atomic E-state index is -0.179. The molecule has 3 aromatic rings. The van der Waals surface area contributed by atoms with Crippen molar-refractivity contribution in [3.8, 4) is 17.5 Å². The lowest BCUT2D eigenvalue weighted by atomic mass is 10.2. The molecular weight excluding hydrogens is 436 g/mol. The fourth-order valence-electron chi connectivity index (χ4n) is 4.10. The Morgan fingerprint density at radius 3 is 2.55 bits per heavy atom. The second kappa shape index (κ2) is 8.60. The van der Waals surface area contributed by atoms with Crippen LogP contribution in [0.15, 0.2) is 29.4 Å². The summed E-state index contributed by atoms with van der Waals surface area (Å²) in [4.78, 5) is 13.0. The van der Waals surface area contributed by atoms with Crippen molar-refractivity contribution in [1.29, 1.82) is 5.26 Å². The van der Waals surface area contributed by atoms with Gasteiger partial charge in [0.2, 0.25) is 5.91 Å². The normalized spacial score (nSPS) is 15.3. The molecule has 2 aliphatic carbocycles. The van der Waals surface area contributed by atoms with Crippen molar-refractivity contribution in [1.82, 2.24) is 19.3 Å². The van der Waals surface area contributed by atoms with Gasteiger partial charge in [0.15, 0.2) is 5.16 Å². The van der Waals surface area contributed by atoms with Gasteiger partial charge in [-0.2, -0.15) is 5.26 Å². The third-order valence-corrected chi connectivity index (χ3v) is 7.23. The number of carbonyl (C=O) groups excluding carboxylic acids is 1. The summed E-state index contributed by atoms with van der Waals surface area (Å²) in [7, 11) is 1.62. The quantitative estimate of drug-likeness (QED) is 0.495. The molecule has 2 aromatic heterocycles. The second-order valence-electron chi connectivity index (χ2n) is 8.63. The number of nitrogens with one attached hydrogen (secondary N) is 1. The number of benzene rings is 1. The van der Waals surface area contributed by atoms with E-state index in [2.05, 4.69) is 26.2 Å². The van der Waals surface area contributed by atoms with Gasteiger partial charge in [0.05, 0.1) is 18.4 Å². The van der Waals surface area contributed by atoms with Crippen LogP contribution in [-0.4, -0.2) is 38.1 Å². The lowest BCUT2D eigenvalue weighted by molar-refractivity contribution is -0.113. The van der Waals surface area contributed by atoms with Crippen LogP contribution in [-0.2, 0) is 4.79 Å². The lowest BCUT2D eigenvalue weighted by Gasteiger charge is -2.14. The van der Waals surface area contributed by atoms with Gasteiger partial charge in [0.25, 0.3) is 0 Å². The van der Waals surface area contributed by atoms with Crippen LogP contribution < -0.4 is 10.1 Å². The molecule has 2 fully saturated rings. The van der Waals surface area contributed by atoms with Crippen LogP contribution >= 0.6 is 11.8 Å². The van der Waals surface area contributed by atoms with Crippen molar-refractivity contribution in [2.45, 2.75) is 56.6 Å². The Hall–Kier alpha value is -3.25. The van der Waals surface area contributed by atoms with Gasteiger partial charge in [-0.15, -0.1) is 10.2 Å². The SMILES string of the molecule is COc1ccc(-n2c(C)c(C)c(C#N)c2NC(=O)CSc2nnc(C3CC3)n2C2CC2)cc1. The zero-order valence-corrected chi connectivity index (χ0v) is 19.8. The van der Waals surface area contributed by atoms with Crippen LogP contribution in [0.25, 0.3) is 5.69 Å². The third-order valence-electron chi connectivity index (χ3n) is 6.29. The fourth-order valence-corrected chi connectivity index (χ4v) is 4.91. The van der Waals surface area contributed by atoms with Gasteiger partial charge in [-0.25, -0.2) is 0 Å². The fraction of sp³-hybridized carbons (Fsp3) is 0.417. The molecule has 2 saturated carbocycles. The van der Waals surface area contributed by atoms with Crippen molar-refractivity contribution in [2.75, 3.05) is 18.2 Å². The summed E-state index contributed by atoms with van der Waals surface area (Å²) in [6.07, 6.45) is 4.65.